The minimum absolute atomic E-state index is 0.162. The van der Waals surface area contributed by atoms with Crippen molar-refractivity contribution in [2.45, 2.75) is 12.1 Å². The second-order valence-corrected chi connectivity index (χ2v) is 6.09. The number of pyridine rings is 1. The number of nitrogens with zero attached hydrogens (tertiary/aromatic N) is 2. The molecule has 122 valence electrons. The Balaban J connectivity index is 1.39. The molecule has 1 aliphatic heterocycles. The van der Waals surface area contributed by atoms with Crippen LogP contribution in [0.2, 0.25) is 0 Å². The Morgan fingerprint density at radius 1 is 1.21 bits per heavy atom. The highest BCUT2D eigenvalue weighted by Crippen LogP contribution is 2.34. The van der Waals surface area contributed by atoms with E-state index in [1.807, 2.05) is 19.1 Å². The number of benzene rings is 1. The lowest BCUT2D eigenvalue weighted by Gasteiger charge is -2.05. The highest BCUT2D eigenvalue weighted by atomic mass is 32.2. The minimum Gasteiger partial charge on any atom is -0.454 e. The van der Waals surface area contributed by atoms with Gasteiger partial charge in [0.25, 0.3) is 5.22 Å². The molecule has 7 nitrogen and oxygen atoms in total. The topological polar surface area (TPSA) is 86.5 Å². The molecule has 3 aromatic rings. The monoisotopic (exact) mass is 343 g/mol. The molecule has 8 heteroatoms. The molecule has 0 spiro atoms. The first kappa shape index (κ1) is 14.8. The first-order valence-electron chi connectivity index (χ1n) is 7.24. The number of aryl methyl sites for hydroxylation is 1. The van der Waals surface area contributed by atoms with Crippen LogP contribution in [0.4, 0.5) is 5.69 Å². The first-order chi connectivity index (χ1) is 11.7. The summed E-state index contributed by atoms with van der Waals surface area (Å²) in [6.07, 6.45) is 0. The van der Waals surface area contributed by atoms with Crippen molar-refractivity contribution in [3.05, 3.63) is 36.0 Å². The van der Waals surface area contributed by atoms with Crippen molar-refractivity contribution in [3.8, 4) is 11.5 Å². The molecule has 0 bridgehead atoms. The summed E-state index contributed by atoms with van der Waals surface area (Å²) in [5.74, 6) is 1.32. The number of thioether (sulfide) groups is 1. The number of oxazole rings is 1. The first-order valence-corrected chi connectivity index (χ1v) is 8.22. The summed E-state index contributed by atoms with van der Waals surface area (Å²) in [6.45, 7) is 2.09. The van der Waals surface area contributed by atoms with Gasteiger partial charge in [0.2, 0.25) is 12.7 Å². The number of anilines is 1. The second kappa shape index (κ2) is 6.04. The molecular formula is C16H13N3O4S. The summed E-state index contributed by atoms with van der Waals surface area (Å²) >= 11 is 1.22. The number of hydrogen-bond acceptors (Lipinski definition) is 7. The Morgan fingerprint density at radius 3 is 3.00 bits per heavy atom. The SMILES string of the molecule is Cc1ccc2oc(SCC(=O)Nc3ccc4c(c3)OCO4)nc2n1. The smallest absolute Gasteiger partial charge is 0.258 e. The molecule has 0 saturated carbocycles. The van der Waals surface area contributed by atoms with Crippen LogP contribution in [0.15, 0.2) is 40.0 Å². The zero-order valence-electron chi connectivity index (χ0n) is 12.7. The van der Waals surface area contributed by atoms with Crippen LogP contribution in [-0.2, 0) is 4.79 Å². The zero-order chi connectivity index (χ0) is 16.5. The molecule has 0 atom stereocenters. The third-order valence-corrected chi connectivity index (χ3v) is 4.18. The highest BCUT2D eigenvalue weighted by Gasteiger charge is 2.15. The predicted molar refractivity (Wildman–Crippen MR) is 88.5 cm³/mol. The molecule has 0 radical (unpaired) electrons. The molecule has 24 heavy (non-hydrogen) atoms. The number of carbonyl (C=O) groups excluding carboxylic acids is 1. The Hall–Kier alpha value is -2.74. The van der Waals surface area contributed by atoms with Crippen molar-refractivity contribution in [2.75, 3.05) is 17.9 Å². The average molecular weight is 343 g/mol. The largest absolute Gasteiger partial charge is 0.454 e. The molecule has 0 fully saturated rings. The van der Waals surface area contributed by atoms with Gasteiger partial charge < -0.3 is 19.2 Å². The third-order valence-electron chi connectivity index (χ3n) is 3.36. The third kappa shape index (κ3) is 3.00. The molecule has 1 amide bonds. The molecule has 2 aromatic heterocycles. The van der Waals surface area contributed by atoms with E-state index in [9.17, 15) is 4.79 Å². The summed E-state index contributed by atoms with van der Waals surface area (Å²) in [5.41, 5.74) is 2.68. The molecule has 1 N–H and O–H groups in total. The maximum atomic E-state index is 12.1. The van der Waals surface area contributed by atoms with E-state index in [0.29, 0.717) is 33.6 Å². The average Bonchev–Trinajstić information content (AvgIpc) is 3.18. The van der Waals surface area contributed by atoms with Gasteiger partial charge in [-0.3, -0.25) is 4.79 Å². The van der Waals surface area contributed by atoms with Crippen molar-refractivity contribution in [1.82, 2.24) is 9.97 Å². The summed E-state index contributed by atoms with van der Waals surface area (Å²) < 4.78 is 16.1. The van der Waals surface area contributed by atoms with Crippen LogP contribution in [0.5, 0.6) is 11.5 Å². The van der Waals surface area contributed by atoms with E-state index in [0.717, 1.165) is 5.69 Å². The van der Waals surface area contributed by atoms with Gasteiger partial charge in [-0.05, 0) is 31.2 Å². The Kier molecular flexibility index (Phi) is 3.73. The predicted octanol–water partition coefficient (Wildman–Crippen LogP) is 2.99. The summed E-state index contributed by atoms with van der Waals surface area (Å²) in [7, 11) is 0. The van der Waals surface area contributed by atoms with Gasteiger partial charge in [0.15, 0.2) is 22.7 Å². The highest BCUT2D eigenvalue weighted by molar-refractivity contribution is 7.99. The number of ether oxygens (including phenoxy) is 2. The fraction of sp³-hybridized carbons (Fsp3) is 0.188. The van der Waals surface area contributed by atoms with Crippen LogP contribution < -0.4 is 14.8 Å². The van der Waals surface area contributed by atoms with Gasteiger partial charge in [0, 0.05) is 17.4 Å². The molecule has 4 rings (SSSR count). The Labute approximate surface area is 141 Å². The Morgan fingerprint density at radius 2 is 2.08 bits per heavy atom. The van der Waals surface area contributed by atoms with Crippen LogP contribution in [0, 0.1) is 6.92 Å². The fourth-order valence-corrected chi connectivity index (χ4v) is 2.88. The molecule has 1 aliphatic rings. The van der Waals surface area contributed by atoms with Crippen molar-refractivity contribution >= 4 is 34.6 Å². The lowest BCUT2D eigenvalue weighted by molar-refractivity contribution is -0.113. The van der Waals surface area contributed by atoms with Crippen molar-refractivity contribution in [3.63, 3.8) is 0 Å². The normalized spacial score (nSPS) is 12.5. The number of rotatable bonds is 4. The lowest BCUT2D eigenvalue weighted by atomic mass is 10.3. The molecule has 3 heterocycles. The summed E-state index contributed by atoms with van der Waals surface area (Å²) in [4.78, 5) is 20.6. The Bertz CT molecular complexity index is 925. The number of hydrogen-bond donors (Lipinski definition) is 1. The van der Waals surface area contributed by atoms with Gasteiger partial charge in [-0.15, -0.1) is 0 Å². The lowest BCUT2D eigenvalue weighted by Crippen LogP contribution is -2.13. The quantitative estimate of drug-likeness (QED) is 0.729. The number of amides is 1. The van der Waals surface area contributed by atoms with Crippen LogP contribution in [0.25, 0.3) is 11.2 Å². The standard InChI is InChI=1S/C16H13N3O4S/c1-9-2-4-12-15(17-9)19-16(23-12)24-7-14(20)18-10-3-5-11-13(6-10)22-8-21-11/h2-6H,7-8H2,1H3,(H,18,20). The number of carbonyl (C=O) groups is 1. The van der Waals surface area contributed by atoms with Gasteiger partial charge in [-0.25, -0.2) is 4.98 Å². The summed E-state index contributed by atoms with van der Waals surface area (Å²) in [5, 5.41) is 3.22. The van der Waals surface area contributed by atoms with E-state index < -0.39 is 0 Å². The van der Waals surface area contributed by atoms with Crippen LogP contribution in [0.1, 0.15) is 5.69 Å². The molecule has 0 saturated heterocycles. The number of fused-ring (bicyclic) bond motifs is 2. The zero-order valence-corrected chi connectivity index (χ0v) is 13.6. The molecular weight excluding hydrogens is 330 g/mol. The van der Waals surface area contributed by atoms with E-state index in [-0.39, 0.29) is 18.5 Å². The molecule has 1 aromatic carbocycles. The van der Waals surface area contributed by atoms with Gasteiger partial charge in [-0.1, -0.05) is 11.8 Å². The molecule has 0 aliphatic carbocycles. The number of aromatic nitrogens is 2. The van der Waals surface area contributed by atoms with E-state index >= 15 is 0 Å². The summed E-state index contributed by atoms with van der Waals surface area (Å²) in [6, 6.07) is 8.94. The van der Waals surface area contributed by atoms with Crippen molar-refractivity contribution in [2.24, 2.45) is 0 Å². The fourth-order valence-electron chi connectivity index (χ4n) is 2.25. The van der Waals surface area contributed by atoms with Crippen molar-refractivity contribution in [1.29, 1.82) is 0 Å². The van der Waals surface area contributed by atoms with E-state index in [2.05, 4.69) is 15.3 Å². The van der Waals surface area contributed by atoms with Gasteiger partial charge in [0.05, 0.1) is 5.75 Å². The van der Waals surface area contributed by atoms with E-state index in [1.54, 1.807) is 18.2 Å². The molecule has 0 unspecified atom stereocenters. The number of nitrogens with one attached hydrogen (secondary N) is 1. The van der Waals surface area contributed by atoms with Crippen LogP contribution in [-0.4, -0.2) is 28.4 Å². The van der Waals surface area contributed by atoms with Crippen molar-refractivity contribution < 1.29 is 18.7 Å². The van der Waals surface area contributed by atoms with Gasteiger partial charge in [-0.2, -0.15) is 4.98 Å². The minimum atomic E-state index is -0.162. The van der Waals surface area contributed by atoms with Crippen LogP contribution in [0.3, 0.4) is 0 Å². The van der Waals surface area contributed by atoms with E-state index in [1.165, 1.54) is 11.8 Å². The van der Waals surface area contributed by atoms with Crippen LogP contribution >= 0.6 is 11.8 Å². The van der Waals surface area contributed by atoms with Gasteiger partial charge >= 0.3 is 0 Å². The maximum absolute atomic E-state index is 12.1. The second-order valence-electron chi connectivity index (χ2n) is 5.16. The maximum Gasteiger partial charge on any atom is 0.258 e. The van der Waals surface area contributed by atoms with E-state index in [4.69, 9.17) is 13.9 Å². The van der Waals surface area contributed by atoms with Gasteiger partial charge in [0.1, 0.15) is 0 Å².